The molecule has 1 unspecified atom stereocenters. The van der Waals surface area contributed by atoms with E-state index in [2.05, 4.69) is 40.8 Å². The third kappa shape index (κ3) is 5.61. The van der Waals surface area contributed by atoms with Gasteiger partial charge in [0.15, 0.2) is 0 Å². The Kier molecular flexibility index (Phi) is 8.71. The van der Waals surface area contributed by atoms with E-state index in [1.165, 1.54) is 0 Å². The molecule has 0 aromatic carbocycles. The summed E-state index contributed by atoms with van der Waals surface area (Å²) in [6, 6.07) is 11.0. The van der Waals surface area contributed by atoms with Gasteiger partial charge in [-0.3, -0.25) is 0 Å². The van der Waals surface area contributed by atoms with E-state index in [1.807, 2.05) is 42.5 Å². The third-order valence-electron chi connectivity index (χ3n) is 6.85. The first-order valence-corrected chi connectivity index (χ1v) is 19.3. The van der Waals surface area contributed by atoms with Gasteiger partial charge in [0.05, 0.1) is 0 Å². The second-order valence-electron chi connectivity index (χ2n) is 10.3. The van der Waals surface area contributed by atoms with E-state index in [0.717, 1.165) is 25.7 Å². The Hall–Kier alpha value is -2.03. The normalized spacial score (nSPS) is 14.1. The van der Waals surface area contributed by atoms with Crippen LogP contribution in [0, 0.1) is 0 Å². The molecule has 0 spiro atoms. The molecule has 0 aliphatic heterocycles. The van der Waals surface area contributed by atoms with Crippen LogP contribution in [0.3, 0.4) is 0 Å². The standard InChI is InChI=1S/C27H38GeO5Si/c1-7-8-9-13-22(33-34(5,6)27(2,3)4)17-18-23(29)28(24-14-10-19-30-24,25-15-11-20-31-25)26-16-12-21-32-26/h10-12,14-22H,7-9,13H2,1-6H3/b18-17+. The number of furan rings is 3. The van der Waals surface area contributed by atoms with Crippen molar-refractivity contribution < 1.29 is 22.5 Å². The molecular weight excluding hydrogens is 505 g/mol. The Balaban J connectivity index is 2.01. The van der Waals surface area contributed by atoms with E-state index in [0.29, 0.717) is 13.8 Å². The van der Waals surface area contributed by atoms with Crippen molar-refractivity contribution in [2.45, 2.75) is 77.6 Å². The molecule has 0 aliphatic rings. The quantitative estimate of drug-likeness (QED) is 0.170. The average molecular weight is 543 g/mol. The topological polar surface area (TPSA) is 65.7 Å². The van der Waals surface area contributed by atoms with Gasteiger partial charge in [0.25, 0.3) is 0 Å². The van der Waals surface area contributed by atoms with Crippen molar-refractivity contribution >= 4 is 40.0 Å². The van der Waals surface area contributed by atoms with Crippen molar-refractivity contribution in [1.82, 2.24) is 0 Å². The van der Waals surface area contributed by atoms with Crippen LogP contribution in [0.5, 0.6) is 0 Å². The van der Waals surface area contributed by atoms with Crippen molar-refractivity contribution in [3.8, 4) is 0 Å². The summed E-state index contributed by atoms with van der Waals surface area (Å²) in [5, 5.41) is 0.0892. The number of unbranched alkanes of at least 4 members (excludes halogenated alkanes) is 2. The van der Waals surface area contributed by atoms with Gasteiger partial charge in [0, 0.05) is 0 Å². The van der Waals surface area contributed by atoms with Gasteiger partial charge in [0.2, 0.25) is 0 Å². The zero-order valence-electron chi connectivity index (χ0n) is 21.3. The first-order chi connectivity index (χ1) is 16.1. The molecule has 3 rings (SSSR count). The maximum absolute atomic E-state index is 14.1. The SMILES string of the molecule is CCCCCC(/C=C/[C](=O)[Ge]([c]1ccco1)([c]1ccco1)[c]1ccco1)O[Si](C)(C)C(C)(C)C. The average Bonchev–Trinajstić information content (AvgIpc) is 3.56. The van der Waals surface area contributed by atoms with E-state index in [-0.39, 0.29) is 15.8 Å². The summed E-state index contributed by atoms with van der Waals surface area (Å²) >= 11 is -4.04. The van der Waals surface area contributed by atoms with E-state index in [9.17, 15) is 4.79 Å². The second kappa shape index (κ2) is 11.1. The van der Waals surface area contributed by atoms with Crippen LogP contribution in [0.15, 0.2) is 80.6 Å². The van der Waals surface area contributed by atoms with Crippen LogP contribution in [0.25, 0.3) is 0 Å². The molecule has 0 radical (unpaired) electrons. The Bertz CT molecular complexity index is 943. The predicted octanol–water partition coefficient (Wildman–Crippen LogP) is 5.57. The van der Waals surface area contributed by atoms with E-state index in [1.54, 1.807) is 24.9 Å². The fourth-order valence-electron chi connectivity index (χ4n) is 3.87. The molecule has 0 fully saturated rings. The summed E-state index contributed by atoms with van der Waals surface area (Å²) in [4.78, 5) is 14.1. The van der Waals surface area contributed by atoms with Crippen molar-refractivity contribution in [1.29, 1.82) is 0 Å². The van der Waals surface area contributed by atoms with Crippen molar-refractivity contribution in [3.63, 3.8) is 0 Å². The van der Waals surface area contributed by atoms with Crippen LogP contribution in [0.2, 0.25) is 18.1 Å². The van der Waals surface area contributed by atoms with E-state index < -0.39 is 21.6 Å². The van der Waals surface area contributed by atoms with Gasteiger partial charge in [-0.1, -0.05) is 0 Å². The summed E-state index contributed by atoms with van der Waals surface area (Å²) in [6.45, 7) is 13.4. The fourth-order valence-corrected chi connectivity index (χ4v) is 12.7. The maximum atomic E-state index is 14.1. The Morgan fingerprint density at radius 1 is 0.971 bits per heavy atom. The molecule has 0 bridgehead atoms. The molecule has 5 nitrogen and oxygen atoms in total. The van der Waals surface area contributed by atoms with Gasteiger partial charge in [-0.15, -0.1) is 0 Å². The zero-order chi connectivity index (χ0) is 24.8. The Labute approximate surface area is 207 Å². The molecule has 1 atom stereocenters. The summed E-state index contributed by atoms with van der Waals surface area (Å²) in [7, 11) is -2.01. The van der Waals surface area contributed by atoms with Crippen LogP contribution in [0.4, 0.5) is 0 Å². The van der Waals surface area contributed by atoms with Crippen LogP contribution >= 0.6 is 0 Å². The predicted molar refractivity (Wildman–Crippen MR) is 141 cm³/mol. The van der Waals surface area contributed by atoms with Gasteiger partial charge >= 0.3 is 207 Å². The zero-order valence-corrected chi connectivity index (χ0v) is 24.4. The Morgan fingerprint density at radius 2 is 1.47 bits per heavy atom. The molecule has 0 saturated heterocycles. The van der Waals surface area contributed by atoms with Crippen molar-refractivity contribution in [2.24, 2.45) is 0 Å². The minimum absolute atomic E-state index is 0.0147. The van der Waals surface area contributed by atoms with Crippen LogP contribution in [-0.2, 0) is 9.22 Å². The molecule has 0 amide bonds. The first-order valence-electron chi connectivity index (χ1n) is 12.2. The molecular formula is C27H38GeO5Si. The van der Waals surface area contributed by atoms with Gasteiger partial charge in [-0.25, -0.2) is 0 Å². The summed E-state index contributed by atoms with van der Waals surface area (Å²) in [5.41, 5.74) is 0. The van der Waals surface area contributed by atoms with Gasteiger partial charge in [-0.05, 0) is 0 Å². The molecule has 7 heteroatoms. The number of allylic oxidation sites excluding steroid dienone is 1. The minimum atomic E-state index is -4.04. The van der Waals surface area contributed by atoms with Gasteiger partial charge in [-0.2, -0.15) is 0 Å². The first kappa shape index (κ1) is 26.6. The molecule has 34 heavy (non-hydrogen) atoms. The van der Waals surface area contributed by atoms with E-state index >= 15 is 0 Å². The number of hydrogen-bond acceptors (Lipinski definition) is 5. The van der Waals surface area contributed by atoms with Crippen molar-refractivity contribution in [2.75, 3.05) is 0 Å². The molecule has 3 heterocycles. The van der Waals surface area contributed by atoms with Gasteiger partial charge < -0.3 is 0 Å². The Morgan fingerprint density at radius 3 is 1.85 bits per heavy atom. The van der Waals surface area contributed by atoms with Crippen LogP contribution in [0.1, 0.15) is 53.4 Å². The second-order valence-corrected chi connectivity index (χ2v) is 22.4. The van der Waals surface area contributed by atoms with E-state index in [4.69, 9.17) is 17.7 Å². The number of rotatable bonds is 12. The summed E-state index contributed by atoms with van der Waals surface area (Å²) in [6.07, 6.45) is 12.6. The molecule has 3 aromatic rings. The molecule has 0 aliphatic carbocycles. The van der Waals surface area contributed by atoms with Crippen LogP contribution in [-0.4, -0.2) is 32.3 Å². The molecule has 0 saturated carbocycles. The number of carbonyl (C=O) groups is 1. The fraction of sp³-hybridized carbons (Fsp3) is 0.444. The summed E-state index contributed by atoms with van der Waals surface area (Å²) < 4.78 is 26.2. The third-order valence-corrected chi connectivity index (χ3v) is 19.7. The molecule has 184 valence electrons. The number of hydrogen-bond donors (Lipinski definition) is 0. The monoisotopic (exact) mass is 544 g/mol. The van der Waals surface area contributed by atoms with Gasteiger partial charge in [0.1, 0.15) is 0 Å². The summed E-state index contributed by atoms with van der Waals surface area (Å²) in [5.74, 6) is 0. The van der Waals surface area contributed by atoms with Crippen LogP contribution < -0.4 is 13.8 Å². The molecule has 0 N–H and O–H groups in total. The molecule has 3 aromatic heterocycles. The number of carbonyl (C=O) groups excluding carboxylic acids is 1. The van der Waals surface area contributed by atoms with Crippen molar-refractivity contribution in [3.05, 3.63) is 67.3 Å².